The molecule has 118 valence electrons. The van der Waals surface area contributed by atoms with Crippen molar-refractivity contribution < 1.29 is 27.4 Å². The SMILES string of the molecule is CCN(CCCO)S(=O)(=O)c1cc(F)ccc1C(=O)OC. The summed E-state index contributed by atoms with van der Waals surface area (Å²) >= 11 is 0. The number of carbonyl (C=O) groups excluding carboxylic acids is 1. The average Bonchev–Trinajstić information content (AvgIpc) is 2.47. The highest BCUT2D eigenvalue weighted by Crippen LogP contribution is 2.22. The second-order valence-electron chi connectivity index (χ2n) is 4.21. The van der Waals surface area contributed by atoms with Gasteiger partial charge in [0.25, 0.3) is 0 Å². The van der Waals surface area contributed by atoms with Gasteiger partial charge in [-0.05, 0) is 24.6 Å². The zero-order valence-corrected chi connectivity index (χ0v) is 12.7. The van der Waals surface area contributed by atoms with Crippen LogP contribution in [0.1, 0.15) is 23.7 Å². The molecule has 1 N–H and O–H groups in total. The molecule has 0 heterocycles. The molecule has 0 aliphatic rings. The smallest absolute Gasteiger partial charge is 0.339 e. The molecule has 0 bridgehead atoms. The molecule has 0 aliphatic carbocycles. The Hall–Kier alpha value is -1.51. The van der Waals surface area contributed by atoms with Crippen molar-refractivity contribution in [3.63, 3.8) is 0 Å². The molecule has 6 nitrogen and oxygen atoms in total. The van der Waals surface area contributed by atoms with Gasteiger partial charge in [-0.1, -0.05) is 6.92 Å². The fourth-order valence-electron chi connectivity index (χ4n) is 1.82. The molecule has 0 spiro atoms. The number of benzene rings is 1. The van der Waals surface area contributed by atoms with Gasteiger partial charge in [0, 0.05) is 19.7 Å². The van der Waals surface area contributed by atoms with Gasteiger partial charge in [-0.15, -0.1) is 0 Å². The lowest BCUT2D eigenvalue weighted by Crippen LogP contribution is -2.33. The summed E-state index contributed by atoms with van der Waals surface area (Å²) in [5.74, 6) is -1.62. The number of ether oxygens (including phenoxy) is 1. The van der Waals surface area contributed by atoms with Gasteiger partial charge >= 0.3 is 5.97 Å². The van der Waals surface area contributed by atoms with Crippen molar-refractivity contribution in [1.29, 1.82) is 0 Å². The number of hydrogen-bond donors (Lipinski definition) is 1. The molecule has 0 aromatic heterocycles. The van der Waals surface area contributed by atoms with Crippen LogP contribution in [0.5, 0.6) is 0 Å². The minimum atomic E-state index is -4.05. The maximum absolute atomic E-state index is 13.4. The Bertz CT molecular complexity index is 603. The molecule has 0 radical (unpaired) electrons. The van der Waals surface area contributed by atoms with Gasteiger partial charge in [-0.2, -0.15) is 4.31 Å². The van der Waals surface area contributed by atoms with E-state index in [1.165, 1.54) is 0 Å². The van der Waals surface area contributed by atoms with E-state index in [1.807, 2.05) is 0 Å². The van der Waals surface area contributed by atoms with Crippen LogP contribution in [-0.4, -0.2) is 50.6 Å². The van der Waals surface area contributed by atoms with E-state index in [4.69, 9.17) is 5.11 Å². The summed E-state index contributed by atoms with van der Waals surface area (Å²) in [7, 11) is -2.93. The van der Waals surface area contributed by atoms with Crippen LogP contribution in [0.4, 0.5) is 4.39 Å². The van der Waals surface area contributed by atoms with E-state index in [1.54, 1.807) is 6.92 Å². The summed E-state index contributed by atoms with van der Waals surface area (Å²) in [6, 6.07) is 2.87. The maximum Gasteiger partial charge on any atom is 0.339 e. The van der Waals surface area contributed by atoms with Gasteiger partial charge in [0.2, 0.25) is 10.0 Å². The Morgan fingerprint density at radius 2 is 2.10 bits per heavy atom. The van der Waals surface area contributed by atoms with Crippen LogP contribution in [0.3, 0.4) is 0 Å². The van der Waals surface area contributed by atoms with Crippen LogP contribution in [0.25, 0.3) is 0 Å². The topological polar surface area (TPSA) is 83.9 Å². The third kappa shape index (κ3) is 3.99. The number of hydrogen-bond acceptors (Lipinski definition) is 5. The van der Waals surface area contributed by atoms with E-state index >= 15 is 0 Å². The fourth-order valence-corrected chi connectivity index (χ4v) is 3.50. The molecule has 8 heteroatoms. The Morgan fingerprint density at radius 1 is 1.43 bits per heavy atom. The normalized spacial score (nSPS) is 11.7. The largest absolute Gasteiger partial charge is 0.465 e. The third-order valence-electron chi connectivity index (χ3n) is 2.89. The minimum Gasteiger partial charge on any atom is -0.465 e. The van der Waals surface area contributed by atoms with E-state index in [0.717, 1.165) is 29.6 Å². The average molecular weight is 319 g/mol. The molecular weight excluding hydrogens is 301 g/mol. The number of nitrogens with zero attached hydrogens (tertiary/aromatic N) is 1. The van der Waals surface area contributed by atoms with Crippen molar-refractivity contribution in [3.05, 3.63) is 29.6 Å². The molecule has 0 atom stereocenters. The van der Waals surface area contributed by atoms with E-state index in [9.17, 15) is 17.6 Å². The number of esters is 1. The summed E-state index contributed by atoms with van der Waals surface area (Å²) in [4.78, 5) is 11.2. The molecule has 1 aromatic carbocycles. The molecule has 1 rings (SSSR count). The monoisotopic (exact) mass is 319 g/mol. The van der Waals surface area contributed by atoms with Gasteiger partial charge in [0.15, 0.2) is 0 Å². The van der Waals surface area contributed by atoms with E-state index in [-0.39, 0.29) is 31.7 Å². The lowest BCUT2D eigenvalue weighted by molar-refractivity contribution is 0.0596. The lowest BCUT2D eigenvalue weighted by atomic mass is 10.2. The molecule has 0 amide bonds. The number of halogens is 1. The van der Waals surface area contributed by atoms with Crippen molar-refractivity contribution >= 4 is 16.0 Å². The highest BCUT2D eigenvalue weighted by molar-refractivity contribution is 7.89. The molecule has 0 saturated carbocycles. The van der Waals surface area contributed by atoms with Crippen LogP contribution in [0.15, 0.2) is 23.1 Å². The molecule has 1 aromatic rings. The van der Waals surface area contributed by atoms with Crippen molar-refractivity contribution in [1.82, 2.24) is 4.31 Å². The second kappa shape index (κ2) is 7.48. The quantitative estimate of drug-likeness (QED) is 0.758. The predicted octanol–water partition coefficient (Wildman–Crippen LogP) is 1.01. The predicted molar refractivity (Wildman–Crippen MR) is 73.9 cm³/mol. The van der Waals surface area contributed by atoms with E-state index in [2.05, 4.69) is 4.74 Å². The van der Waals surface area contributed by atoms with Gasteiger partial charge in [-0.3, -0.25) is 0 Å². The summed E-state index contributed by atoms with van der Waals surface area (Å²) in [5.41, 5.74) is -0.221. The first-order chi connectivity index (χ1) is 9.88. The van der Waals surface area contributed by atoms with Crippen LogP contribution < -0.4 is 0 Å². The van der Waals surface area contributed by atoms with Gasteiger partial charge in [-0.25, -0.2) is 17.6 Å². The van der Waals surface area contributed by atoms with Crippen molar-refractivity contribution in [3.8, 4) is 0 Å². The van der Waals surface area contributed by atoms with Crippen molar-refractivity contribution in [2.75, 3.05) is 26.8 Å². The summed E-state index contributed by atoms with van der Waals surface area (Å²) in [6.45, 7) is 1.66. The number of sulfonamides is 1. The van der Waals surface area contributed by atoms with Crippen LogP contribution in [-0.2, 0) is 14.8 Å². The molecule has 0 fully saturated rings. The zero-order chi connectivity index (χ0) is 16.0. The Balaban J connectivity index is 3.35. The van der Waals surface area contributed by atoms with Gasteiger partial charge in [0.05, 0.1) is 17.6 Å². The third-order valence-corrected chi connectivity index (χ3v) is 4.90. The number of aliphatic hydroxyl groups excluding tert-OH is 1. The van der Waals surface area contributed by atoms with Gasteiger partial charge < -0.3 is 9.84 Å². The first kappa shape index (κ1) is 17.5. The minimum absolute atomic E-state index is 0.0759. The summed E-state index contributed by atoms with van der Waals surface area (Å²) in [5, 5.41) is 8.82. The molecule has 0 unspecified atom stereocenters. The standard InChI is InChI=1S/C13H18FNO5S/c1-3-15(7-4-8-16)21(18,19)12-9-10(14)5-6-11(12)13(17)20-2/h5-6,9,16H,3-4,7-8H2,1-2H3. The van der Waals surface area contributed by atoms with Gasteiger partial charge in [0.1, 0.15) is 5.82 Å². The summed E-state index contributed by atoms with van der Waals surface area (Å²) < 4.78 is 44.1. The van der Waals surface area contributed by atoms with Crippen LogP contribution in [0.2, 0.25) is 0 Å². The van der Waals surface area contributed by atoms with E-state index in [0.29, 0.717) is 0 Å². The number of carbonyl (C=O) groups is 1. The van der Waals surface area contributed by atoms with Crippen molar-refractivity contribution in [2.45, 2.75) is 18.2 Å². The first-order valence-electron chi connectivity index (χ1n) is 6.37. The summed E-state index contributed by atoms with van der Waals surface area (Å²) in [6.07, 6.45) is 0.246. The zero-order valence-electron chi connectivity index (χ0n) is 11.9. The molecular formula is C13H18FNO5S. The lowest BCUT2D eigenvalue weighted by Gasteiger charge is -2.21. The van der Waals surface area contributed by atoms with E-state index < -0.39 is 26.7 Å². The second-order valence-corrected chi connectivity index (χ2v) is 6.11. The fraction of sp³-hybridized carbons (Fsp3) is 0.462. The maximum atomic E-state index is 13.4. The molecule has 0 aliphatic heterocycles. The van der Waals surface area contributed by atoms with Crippen LogP contribution >= 0.6 is 0 Å². The van der Waals surface area contributed by atoms with Crippen LogP contribution in [0, 0.1) is 5.82 Å². The first-order valence-corrected chi connectivity index (χ1v) is 7.81. The van der Waals surface area contributed by atoms with Crippen molar-refractivity contribution in [2.24, 2.45) is 0 Å². The number of rotatable bonds is 7. The highest BCUT2D eigenvalue weighted by atomic mass is 32.2. The Kier molecular flexibility index (Phi) is 6.25. The molecule has 21 heavy (non-hydrogen) atoms. The number of methoxy groups -OCH3 is 1. The Labute approximate surface area is 123 Å². The number of aliphatic hydroxyl groups is 1. The Morgan fingerprint density at radius 3 is 2.62 bits per heavy atom. The highest BCUT2D eigenvalue weighted by Gasteiger charge is 2.28. The molecule has 0 saturated heterocycles.